The van der Waals surface area contributed by atoms with Crippen LogP contribution in [0.5, 0.6) is 28.7 Å². The zero-order valence-electron chi connectivity index (χ0n) is 39.1. The van der Waals surface area contributed by atoms with Crippen LogP contribution in [-0.2, 0) is 40.6 Å². The maximum atomic E-state index is 12.7. The summed E-state index contributed by atoms with van der Waals surface area (Å²) in [6.07, 6.45) is 9.44. The van der Waals surface area contributed by atoms with Gasteiger partial charge in [0.2, 0.25) is 0 Å². The van der Waals surface area contributed by atoms with E-state index in [0.29, 0.717) is 41.6 Å². The summed E-state index contributed by atoms with van der Waals surface area (Å²) in [6.45, 7) is 6.90. The van der Waals surface area contributed by atoms with Crippen LogP contribution in [0.3, 0.4) is 0 Å². The van der Waals surface area contributed by atoms with Gasteiger partial charge in [-0.1, -0.05) is 55.3 Å². The summed E-state index contributed by atoms with van der Waals surface area (Å²) in [7, 11) is 3.53. The quantitative estimate of drug-likeness (QED) is 0.0672. The summed E-state index contributed by atoms with van der Waals surface area (Å²) in [5.41, 5.74) is 18.9. The number of nitrogens with zero attached hydrogens (tertiary/aromatic N) is 1. The summed E-state index contributed by atoms with van der Waals surface area (Å²) in [5.74, 6) is 8.98. The predicted molar refractivity (Wildman–Crippen MR) is 261 cm³/mol. The minimum Gasteiger partial charge on any atom is -0.508 e. The first kappa shape index (κ1) is 44.2. The smallest absolute Gasteiger partial charge is 0.302 e. The lowest BCUT2D eigenvalue weighted by Crippen LogP contribution is -2.31. The van der Waals surface area contributed by atoms with Crippen LogP contribution in [-0.4, -0.2) is 61.1 Å². The van der Waals surface area contributed by atoms with Crippen molar-refractivity contribution in [1.82, 2.24) is 10.3 Å². The van der Waals surface area contributed by atoms with Gasteiger partial charge in [-0.3, -0.25) is 4.79 Å². The molecule has 6 N–H and O–H groups in total. The Morgan fingerprint density at radius 2 is 1.88 bits per heavy atom. The van der Waals surface area contributed by atoms with Crippen molar-refractivity contribution in [1.29, 1.82) is 0 Å². The third-order valence-electron chi connectivity index (χ3n) is 15.1. The van der Waals surface area contributed by atoms with Crippen molar-refractivity contribution >= 4 is 23.6 Å². The number of ether oxygens (including phenoxy) is 4. The molecule has 6 atom stereocenters. The number of nitrogen functional groups attached to an aromatic ring is 1. The summed E-state index contributed by atoms with van der Waals surface area (Å²) in [5, 5.41) is 29.8. The fraction of sp³-hybridized carbons (Fsp3) is 0.393. The molecular weight excluding hydrogens is 841 g/mol. The number of esters is 1. The third kappa shape index (κ3) is 7.79. The fourth-order valence-electron chi connectivity index (χ4n) is 12.1. The Balaban J connectivity index is 1.25. The lowest BCUT2D eigenvalue weighted by molar-refractivity contribution is -0.141. The van der Waals surface area contributed by atoms with Gasteiger partial charge >= 0.3 is 5.97 Å². The number of phenolic OH excluding ortho intramolecular Hbond substituents is 2. The van der Waals surface area contributed by atoms with Crippen LogP contribution in [0.25, 0.3) is 17.2 Å². The molecule has 5 aromatic rings. The number of aromatic hydroxyl groups is 2. The van der Waals surface area contributed by atoms with Crippen molar-refractivity contribution < 1.29 is 34.0 Å². The van der Waals surface area contributed by atoms with Crippen LogP contribution in [0.2, 0.25) is 0 Å². The van der Waals surface area contributed by atoms with E-state index in [9.17, 15) is 15.0 Å². The van der Waals surface area contributed by atoms with E-state index in [-0.39, 0.29) is 48.4 Å². The molecule has 11 heteroatoms. The van der Waals surface area contributed by atoms with Crippen LogP contribution in [0.15, 0.2) is 66.7 Å². The van der Waals surface area contributed by atoms with Crippen LogP contribution in [0, 0.1) is 17.8 Å². The average Bonchev–Trinajstić information content (AvgIpc) is 3.82. The van der Waals surface area contributed by atoms with E-state index in [4.69, 9.17) is 29.7 Å². The molecule has 3 aliphatic heterocycles. The van der Waals surface area contributed by atoms with Gasteiger partial charge in [0.05, 0.1) is 19.1 Å². The molecule has 0 unspecified atom stereocenters. The highest BCUT2D eigenvalue weighted by atomic mass is 16.5. The third-order valence-corrected chi connectivity index (χ3v) is 15.1. The molecule has 2 aliphatic carbocycles. The van der Waals surface area contributed by atoms with Gasteiger partial charge in [-0.25, -0.2) is 4.98 Å². The molecule has 4 aromatic carbocycles. The number of phenols is 2. The van der Waals surface area contributed by atoms with Crippen LogP contribution < -0.4 is 30.6 Å². The van der Waals surface area contributed by atoms with Crippen molar-refractivity contribution in [2.75, 3.05) is 45.0 Å². The van der Waals surface area contributed by atoms with Gasteiger partial charge < -0.3 is 45.5 Å². The number of fused-ring (bicyclic) bond motifs is 9. The second kappa shape index (κ2) is 17.9. The van der Waals surface area contributed by atoms with Crippen molar-refractivity contribution in [2.45, 2.75) is 102 Å². The minimum absolute atomic E-state index is 0.00998. The molecule has 67 heavy (non-hydrogen) atoms. The number of carbonyl (C=O) groups is 1. The number of benzene rings is 4. The van der Waals surface area contributed by atoms with Crippen LogP contribution in [0.4, 0.5) is 11.5 Å². The number of rotatable bonds is 10. The van der Waals surface area contributed by atoms with Crippen molar-refractivity contribution in [2.24, 2.45) is 5.92 Å². The number of anilines is 2. The Morgan fingerprint density at radius 3 is 2.67 bits per heavy atom. The second-order valence-corrected chi connectivity index (χ2v) is 18.9. The van der Waals surface area contributed by atoms with E-state index in [2.05, 4.69) is 84.9 Å². The van der Waals surface area contributed by atoms with E-state index >= 15 is 0 Å². The molecular formula is C56H60N4O7. The van der Waals surface area contributed by atoms with E-state index < -0.39 is 17.4 Å². The van der Waals surface area contributed by atoms with E-state index in [1.54, 1.807) is 19.2 Å². The number of methoxy groups -OCH3 is 1. The van der Waals surface area contributed by atoms with E-state index in [1.807, 2.05) is 19.2 Å². The van der Waals surface area contributed by atoms with Gasteiger partial charge in [0.25, 0.3) is 0 Å². The van der Waals surface area contributed by atoms with Crippen LogP contribution >= 0.6 is 0 Å². The van der Waals surface area contributed by atoms with Gasteiger partial charge in [0.1, 0.15) is 48.1 Å². The Hall–Kier alpha value is -6.64. The Bertz CT molecular complexity index is 2880. The van der Waals surface area contributed by atoms with E-state index in [1.165, 1.54) is 12.5 Å². The SMILES string of the molecule is CCNc1ccccc1CC[C@@H]1c2cc(CC)c(N)nc2C#CCc2cc(O)c3c(c2[C@H]2Oc4c(ccc5c4[C@@]4(CC[C@H]1C4)Cc1cc(O)cc(OC)c1-5)[C@@H]2COC(C)=O)C=C[C@@H](NC)CO3. The molecule has 10 rings (SSSR count). The lowest BCUT2D eigenvalue weighted by atomic mass is 9.64. The molecule has 5 aliphatic rings. The Kier molecular flexibility index (Phi) is 11.8. The number of para-hydroxylation sites is 1. The molecule has 1 spiro atoms. The fourth-order valence-corrected chi connectivity index (χ4v) is 12.1. The first-order valence-corrected chi connectivity index (χ1v) is 23.9. The molecule has 0 radical (unpaired) electrons. The highest BCUT2D eigenvalue weighted by Gasteiger charge is 2.52. The van der Waals surface area contributed by atoms with Gasteiger partial charge in [0, 0.05) is 64.9 Å². The predicted octanol–water partition coefficient (Wildman–Crippen LogP) is 9.44. The zero-order chi connectivity index (χ0) is 46.6. The normalized spacial score (nSPS) is 22.7. The minimum atomic E-state index is -0.647. The summed E-state index contributed by atoms with van der Waals surface area (Å²) in [6, 6.07) is 20.4. The largest absolute Gasteiger partial charge is 0.508 e. The molecule has 0 saturated heterocycles. The number of aryl methyl sites for hydroxylation is 2. The van der Waals surface area contributed by atoms with Crippen LogP contribution in [0.1, 0.15) is 120 Å². The van der Waals surface area contributed by atoms with Gasteiger partial charge in [0.15, 0.2) is 11.5 Å². The zero-order valence-corrected chi connectivity index (χ0v) is 39.1. The number of hydrogen-bond donors (Lipinski definition) is 5. The number of hydrogen-bond acceptors (Lipinski definition) is 11. The topological polar surface area (TPSA) is 157 Å². The van der Waals surface area contributed by atoms with Gasteiger partial charge in [-0.15, -0.1) is 0 Å². The summed E-state index contributed by atoms with van der Waals surface area (Å²) in [4.78, 5) is 17.8. The van der Waals surface area contributed by atoms with Crippen molar-refractivity contribution in [3.05, 3.63) is 123 Å². The van der Waals surface area contributed by atoms with Crippen molar-refractivity contribution in [3.8, 4) is 51.7 Å². The number of aromatic nitrogens is 1. The Labute approximate surface area is 393 Å². The molecule has 11 nitrogen and oxygen atoms in total. The first-order valence-electron chi connectivity index (χ1n) is 23.9. The molecule has 346 valence electrons. The molecule has 4 heterocycles. The number of nitrogens with one attached hydrogen (secondary N) is 2. The Morgan fingerprint density at radius 1 is 1.03 bits per heavy atom. The van der Waals surface area contributed by atoms with Gasteiger partial charge in [-0.05, 0) is 134 Å². The number of carbonyl (C=O) groups excluding carboxylic acids is 1. The summed E-state index contributed by atoms with van der Waals surface area (Å²) < 4.78 is 25.9. The molecule has 4 bridgehead atoms. The molecule has 0 amide bonds. The lowest BCUT2D eigenvalue weighted by Gasteiger charge is -2.40. The molecule has 1 fully saturated rings. The first-order chi connectivity index (χ1) is 32.5. The number of likely N-dealkylation sites (N-methyl/N-ethyl adjacent to an activating group) is 1. The summed E-state index contributed by atoms with van der Waals surface area (Å²) >= 11 is 0. The maximum absolute atomic E-state index is 12.7. The maximum Gasteiger partial charge on any atom is 0.302 e. The number of pyridine rings is 1. The highest BCUT2D eigenvalue weighted by molar-refractivity contribution is 5.85. The molecule has 1 aromatic heterocycles. The average molecular weight is 901 g/mol. The highest BCUT2D eigenvalue weighted by Crippen LogP contribution is 2.64. The standard InChI is InChI=1S/C56H60N4O7/c1-6-32-24-43-39(17-15-33-11-8-9-13-45(33)59-7-2)35-21-22-56(27-35)28-36-23-38(62)26-48(64-5)49(36)41-20-19-40-44(30-65-31(3)61)53(67-54(40)51(41)56)50-34(12-10-14-46(43)60-55(32)57)25-47(63)52-42(50)18-16-37(58-4)29-66-52/h8-9,11,13,16,18-20,23-26,35,37,39,44,53,58-59,62-63H,6-7,12,15,17,21-22,27-30H2,1-5H3,(H2,57,60)/t35-,37+,39-,44-,53-,56+/m0/s1. The van der Waals surface area contributed by atoms with E-state index in [0.717, 1.165) is 107 Å². The molecule has 1 saturated carbocycles. The second-order valence-electron chi connectivity index (χ2n) is 18.9. The monoisotopic (exact) mass is 900 g/mol. The van der Waals surface area contributed by atoms with Crippen molar-refractivity contribution in [3.63, 3.8) is 0 Å². The van der Waals surface area contributed by atoms with Gasteiger partial charge in [-0.2, -0.15) is 0 Å². The number of nitrogens with two attached hydrogens (primary N) is 1.